The summed E-state index contributed by atoms with van der Waals surface area (Å²) in [5, 5.41) is 3.85. The number of hydrogen-bond acceptors (Lipinski definition) is 3. The van der Waals surface area contributed by atoms with Gasteiger partial charge in [0.2, 0.25) is 0 Å². The number of urea groups is 1. The first-order valence-electron chi connectivity index (χ1n) is 7.30. The highest BCUT2D eigenvalue weighted by atomic mass is 32.2. The highest BCUT2D eigenvalue weighted by molar-refractivity contribution is 7.99. The molecule has 0 radical (unpaired) electrons. The average molecular weight is 296 g/mol. The predicted molar refractivity (Wildman–Crippen MR) is 83.0 cm³/mol. The van der Waals surface area contributed by atoms with Gasteiger partial charge in [-0.3, -0.25) is 0 Å². The number of rotatable bonds is 5. The van der Waals surface area contributed by atoms with Gasteiger partial charge in [-0.2, -0.15) is 11.8 Å². The Bertz CT molecular complexity index is 422. The minimum absolute atomic E-state index is 0.0129. The van der Waals surface area contributed by atoms with Crippen LogP contribution in [0.15, 0.2) is 22.8 Å². The van der Waals surface area contributed by atoms with Gasteiger partial charge in [0.05, 0.1) is 12.3 Å². The van der Waals surface area contributed by atoms with Crippen LogP contribution in [0.5, 0.6) is 0 Å². The van der Waals surface area contributed by atoms with Crippen molar-refractivity contribution < 1.29 is 9.21 Å². The van der Waals surface area contributed by atoms with Gasteiger partial charge in [0.25, 0.3) is 0 Å². The van der Waals surface area contributed by atoms with E-state index in [-0.39, 0.29) is 12.1 Å². The minimum Gasteiger partial charge on any atom is -0.467 e. The van der Waals surface area contributed by atoms with Crippen LogP contribution in [0.3, 0.4) is 0 Å². The van der Waals surface area contributed by atoms with Crippen LogP contribution in [0, 0.1) is 0 Å². The van der Waals surface area contributed by atoms with Crippen molar-refractivity contribution in [2.75, 3.05) is 12.8 Å². The maximum absolute atomic E-state index is 12.3. The number of carbonyl (C=O) groups is 1. The molecule has 1 aromatic heterocycles. The molecule has 0 aromatic carbocycles. The van der Waals surface area contributed by atoms with E-state index in [1.807, 2.05) is 37.9 Å². The number of thioether (sulfide) groups is 1. The molecule has 0 spiro atoms. The van der Waals surface area contributed by atoms with Crippen molar-refractivity contribution >= 4 is 17.8 Å². The Morgan fingerprint density at radius 2 is 2.40 bits per heavy atom. The summed E-state index contributed by atoms with van der Waals surface area (Å²) < 4.78 is 5.36. The Morgan fingerprint density at radius 3 is 3.05 bits per heavy atom. The number of furan rings is 1. The predicted octanol–water partition coefficient (Wildman–Crippen LogP) is 3.66. The average Bonchev–Trinajstić information content (AvgIpc) is 3.09. The Kier molecular flexibility index (Phi) is 5.40. The number of hydrogen-bond donors (Lipinski definition) is 1. The monoisotopic (exact) mass is 296 g/mol. The van der Waals surface area contributed by atoms with Gasteiger partial charge in [-0.05, 0) is 44.1 Å². The summed E-state index contributed by atoms with van der Waals surface area (Å²) in [5.74, 6) is 1.97. The van der Waals surface area contributed by atoms with E-state index in [0.29, 0.717) is 11.3 Å². The van der Waals surface area contributed by atoms with Crippen molar-refractivity contribution in [3.63, 3.8) is 0 Å². The third-order valence-electron chi connectivity index (χ3n) is 3.97. The summed E-state index contributed by atoms with van der Waals surface area (Å²) >= 11 is 2.00. The van der Waals surface area contributed by atoms with E-state index >= 15 is 0 Å². The molecule has 0 aliphatic heterocycles. The fraction of sp³-hybridized carbons (Fsp3) is 0.667. The molecule has 0 saturated heterocycles. The van der Waals surface area contributed by atoms with Crippen LogP contribution >= 0.6 is 11.8 Å². The molecule has 0 unspecified atom stereocenters. The largest absolute Gasteiger partial charge is 0.467 e. The van der Waals surface area contributed by atoms with E-state index in [1.54, 1.807) is 11.2 Å². The van der Waals surface area contributed by atoms with Gasteiger partial charge in [-0.25, -0.2) is 4.79 Å². The molecule has 2 amide bonds. The van der Waals surface area contributed by atoms with Gasteiger partial charge in [0.15, 0.2) is 0 Å². The lowest BCUT2D eigenvalue weighted by Crippen LogP contribution is -2.43. The van der Waals surface area contributed by atoms with Crippen LogP contribution < -0.4 is 5.32 Å². The van der Waals surface area contributed by atoms with Crippen molar-refractivity contribution in [1.29, 1.82) is 0 Å². The normalized spacial score (nSPS) is 23.6. The van der Waals surface area contributed by atoms with E-state index in [9.17, 15) is 4.79 Å². The number of nitrogens with zero attached hydrogens (tertiary/aromatic N) is 1. The second kappa shape index (κ2) is 7.07. The zero-order valence-corrected chi connectivity index (χ0v) is 13.3. The molecule has 1 aromatic rings. The quantitative estimate of drug-likeness (QED) is 0.902. The van der Waals surface area contributed by atoms with Gasteiger partial charge in [-0.1, -0.05) is 6.92 Å². The molecule has 5 heteroatoms. The molecule has 4 nitrogen and oxygen atoms in total. The zero-order valence-electron chi connectivity index (χ0n) is 12.5. The van der Waals surface area contributed by atoms with Crippen molar-refractivity contribution in [3.8, 4) is 0 Å². The molecule has 0 bridgehead atoms. The smallest absolute Gasteiger partial charge is 0.317 e. The Labute approximate surface area is 125 Å². The third-order valence-corrected chi connectivity index (χ3v) is 5.20. The van der Waals surface area contributed by atoms with E-state index < -0.39 is 0 Å². The molecular formula is C15H24N2O2S. The van der Waals surface area contributed by atoms with Crippen LogP contribution in [0.1, 0.15) is 44.9 Å². The van der Waals surface area contributed by atoms with Crippen molar-refractivity contribution in [2.24, 2.45) is 0 Å². The first-order valence-corrected chi connectivity index (χ1v) is 8.35. The highest BCUT2D eigenvalue weighted by Gasteiger charge is 2.28. The molecule has 112 valence electrons. The van der Waals surface area contributed by atoms with E-state index in [4.69, 9.17) is 4.42 Å². The van der Waals surface area contributed by atoms with Crippen LogP contribution in [-0.2, 0) is 0 Å². The fourth-order valence-corrected chi connectivity index (χ4v) is 3.77. The second-order valence-corrected chi connectivity index (χ2v) is 6.92. The van der Waals surface area contributed by atoms with Crippen molar-refractivity contribution in [1.82, 2.24) is 10.2 Å². The summed E-state index contributed by atoms with van der Waals surface area (Å²) in [4.78, 5) is 14.0. The molecule has 3 atom stereocenters. The molecule has 1 heterocycles. The number of amides is 2. The first-order chi connectivity index (χ1) is 9.61. The molecule has 1 aliphatic rings. The van der Waals surface area contributed by atoms with Crippen LogP contribution in [0.25, 0.3) is 0 Å². The molecule has 1 fully saturated rings. The van der Waals surface area contributed by atoms with Crippen LogP contribution in [0.2, 0.25) is 0 Å². The standard InChI is InChI=1S/C15H24N2O2S/c1-4-20-13-8-7-12(10-13)16-15(18)17(3)11(2)14-6-5-9-19-14/h5-6,9,11-13H,4,7-8,10H2,1-3H3,(H,16,18)/t11-,12-,13+/m0/s1. The molecule has 1 aliphatic carbocycles. The molecular weight excluding hydrogens is 272 g/mol. The van der Waals surface area contributed by atoms with E-state index in [0.717, 1.165) is 24.4 Å². The summed E-state index contributed by atoms with van der Waals surface area (Å²) in [7, 11) is 1.82. The minimum atomic E-state index is -0.0489. The SMILES string of the molecule is CCS[C@@H]1CC[C@H](NC(=O)N(C)[C@@H](C)c2ccco2)C1. The van der Waals surface area contributed by atoms with Crippen LogP contribution in [0.4, 0.5) is 4.79 Å². The fourth-order valence-electron chi connectivity index (χ4n) is 2.63. The molecule has 2 rings (SSSR count). The number of nitrogens with one attached hydrogen (secondary N) is 1. The van der Waals surface area contributed by atoms with Gasteiger partial charge >= 0.3 is 6.03 Å². The lowest BCUT2D eigenvalue weighted by atomic mass is 10.2. The Balaban J connectivity index is 1.83. The third kappa shape index (κ3) is 3.72. The maximum atomic E-state index is 12.3. The lowest BCUT2D eigenvalue weighted by molar-refractivity contribution is 0.183. The first kappa shape index (κ1) is 15.3. The van der Waals surface area contributed by atoms with Crippen molar-refractivity contribution in [3.05, 3.63) is 24.2 Å². The molecule has 1 N–H and O–H groups in total. The molecule has 1 saturated carbocycles. The highest BCUT2D eigenvalue weighted by Crippen LogP contribution is 2.30. The summed E-state index contributed by atoms with van der Waals surface area (Å²) in [6.45, 7) is 4.16. The lowest BCUT2D eigenvalue weighted by Gasteiger charge is -2.25. The topological polar surface area (TPSA) is 45.5 Å². The maximum Gasteiger partial charge on any atom is 0.317 e. The Morgan fingerprint density at radius 1 is 1.60 bits per heavy atom. The molecule has 20 heavy (non-hydrogen) atoms. The van der Waals surface area contributed by atoms with Crippen LogP contribution in [-0.4, -0.2) is 35.0 Å². The van der Waals surface area contributed by atoms with E-state index in [1.165, 1.54) is 6.42 Å². The van der Waals surface area contributed by atoms with Gasteiger partial charge in [-0.15, -0.1) is 0 Å². The summed E-state index contributed by atoms with van der Waals surface area (Å²) in [6, 6.07) is 4.00. The van der Waals surface area contributed by atoms with Gasteiger partial charge in [0, 0.05) is 18.3 Å². The van der Waals surface area contributed by atoms with Gasteiger partial charge < -0.3 is 14.6 Å². The summed E-state index contributed by atoms with van der Waals surface area (Å²) in [5.41, 5.74) is 0. The zero-order chi connectivity index (χ0) is 14.5. The second-order valence-electron chi connectivity index (χ2n) is 5.34. The van der Waals surface area contributed by atoms with Gasteiger partial charge in [0.1, 0.15) is 5.76 Å². The summed E-state index contributed by atoms with van der Waals surface area (Å²) in [6.07, 6.45) is 5.03. The Hall–Kier alpha value is -1.10. The van der Waals surface area contributed by atoms with Crippen molar-refractivity contribution in [2.45, 2.75) is 50.4 Å². The number of carbonyl (C=O) groups excluding carboxylic acids is 1. The van der Waals surface area contributed by atoms with E-state index in [2.05, 4.69) is 12.2 Å².